The fraction of sp³-hybridized carbons (Fsp3) is 0.933. The fourth-order valence-corrected chi connectivity index (χ4v) is 3.08. The first kappa shape index (κ1) is 15.7. The zero-order chi connectivity index (χ0) is 14.6. The molecule has 2 saturated heterocycles. The summed E-state index contributed by atoms with van der Waals surface area (Å²) in [7, 11) is 0. The van der Waals surface area contributed by atoms with Crippen molar-refractivity contribution in [2.24, 2.45) is 5.73 Å². The highest BCUT2D eigenvalue weighted by atomic mass is 16.5. The van der Waals surface area contributed by atoms with Crippen molar-refractivity contribution in [1.29, 1.82) is 0 Å². The lowest BCUT2D eigenvalue weighted by Crippen LogP contribution is -2.59. The third-order valence-electron chi connectivity index (χ3n) is 4.83. The third kappa shape index (κ3) is 3.51. The number of ether oxygens (including phenoxy) is 1. The van der Waals surface area contributed by atoms with Crippen molar-refractivity contribution >= 4 is 5.91 Å². The zero-order valence-corrected chi connectivity index (χ0v) is 12.9. The van der Waals surface area contributed by atoms with Crippen LogP contribution < -0.4 is 5.73 Å². The van der Waals surface area contributed by atoms with Crippen molar-refractivity contribution in [3.8, 4) is 0 Å². The molecule has 2 aliphatic heterocycles. The standard InChI is InChI=1S/C15H29N3O2/c1-3-15(16,4-2)14(19)18-9-7-17(8-10-18)12-13-6-5-11-20-13/h13H,3-12,16H2,1-2H3. The van der Waals surface area contributed by atoms with Crippen LogP contribution in [0.2, 0.25) is 0 Å². The van der Waals surface area contributed by atoms with Crippen molar-refractivity contribution in [3.63, 3.8) is 0 Å². The van der Waals surface area contributed by atoms with Gasteiger partial charge in [0.2, 0.25) is 5.91 Å². The summed E-state index contributed by atoms with van der Waals surface area (Å²) in [5.41, 5.74) is 5.54. The summed E-state index contributed by atoms with van der Waals surface area (Å²) in [4.78, 5) is 16.8. The molecule has 5 nitrogen and oxygen atoms in total. The van der Waals surface area contributed by atoms with Crippen LogP contribution in [0.15, 0.2) is 0 Å². The summed E-state index contributed by atoms with van der Waals surface area (Å²) in [5, 5.41) is 0. The Labute approximate surface area is 122 Å². The first-order valence-electron chi connectivity index (χ1n) is 8.01. The minimum Gasteiger partial charge on any atom is -0.377 e. The van der Waals surface area contributed by atoms with Crippen LogP contribution in [0.4, 0.5) is 0 Å². The monoisotopic (exact) mass is 283 g/mol. The molecule has 2 rings (SSSR count). The molecule has 1 atom stereocenters. The van der Waals surface area contributed by atoms with Gasteiger partial charge in [0.15, 0.2) is 0 Å². The lowest BCUT2D eigenvalue weighted by Gasteiger charge is -2.39. The number of nitrogens with two attached hydrogens (primary N) is 1. The Hall–Kier alpha value is -0.650. The maximum atomic E-state index is 12.5. The summed E-state index contributed by atoms with van der Waals surface area (Å²) in [5.74, 6) is 0.124. The summed E-state index contributed by atoms with van der Waals surface area (Å²) in [6, 6.07) is 0. The normalized spacial score (nSPS) is 25.1. The molecule has 5 heteroatoms. The molecule has 1 amide bonds. The van der Waals surface area contributed by atoms with Crippen molar-refractivity contribution in [2.75, 3.05) is 39.3 Å². The molecule has 20 heavy (non-hydrogen) atoms. The lowest BCUT2D eigenvalue weighted by atomic mass is 9.92. The number of piperazine rings is 1. The molecular weight excluding hydrogens is 254 g/mol. The number of hydrogen-bond acceptors (Lipinski definition) is 4. The van der Waals surface area contributed by atoms with Gasteiger partial charge in [-0.05, 0) is 25.7 Å². The van der Waals surface area contributed by atoms with E-state index >= 15 is 0 Å². The molecule has 0 bridgehead atoms. The van der Waals surface area contributed by atoms with Gasteiger partial charge in [0.05, 0.1) is 11.6 Å². The minimum atomic E-state index is -0.670. The van der Waals surface area contributed by atoms with Crippen molar-refractivity contribution < 1.29 is 9.53 Å². The minimum absolute atomic E-state index is 0.124. The molecule has 0 aromatic rings. The van der Waals surface area contributed by atoms with E-state index in [-0.39, 0.29) is 5.91 Å². The molecule has 2 aliphatic rings. The van der Waals surface area contributed by atoms with Crippen LogP contribution in [0.1, 0.15) is 39.5 Å². The molecule has 0 radical (unpaired) electrons. The molecule has 2 fully saturated rings. The maximum absolute atomic E-state index is 12.5. The van der Waals surface area contributed by atoms with Gasteiger partial charge in [-0.2, -0.15) is 0 Å². The van der Waals surface area contributed by atoms with Gasteiger partial charge in [-0.25, -0.2) is 0 Å². The predicted molar refractivity (Wildman–Crippen MR) is 79.5 cm³/mol. The zero-order valence-electron chi connectivity index (χ0n) is 12.9. The van der Waals surface area contributed by atoms with Crippen LogP contribution in [0.25, 0.3) is 0 Å². The molecular formula is C15H29N3O2. The first-order valence-corrected chi connectivity index (χ1v) is 8.01. The van der Waals surface area contributed by atoms with Crippen LogP contribution >= 0.6 is 0 Å². The molecule has 0 aromatic carbocycles. The van der Waals surface area contributed by atoms with Gasteiger partial charge >= 0.3 is 0 Å². The molecule has 2 heterocycles. The number of amides is 1. The summed E-state index contributed by atoms with van der Waals surface area (Å²) in [6.07, 6.45) is 4.18. The first-order chi connectivity index (χ1) is 9.59. The third-order valence-corrected chi connectivity index (χ3v) is 4.83. The van der Waals surface area contributed by atoms with Gasteiger partial charge in [0.25, 0.3) is 0 Å². The van der Waals surface area contributed by atoms with Gasteiger partial charge in [-0.15, -0.1) is 0 Å². The number of nitrogens with zero attached hydrogens (tertiary/aromatic N) is 2. The van der Waals surface area contributed by atoms with Crippen LogP contribution in [0.3, 0.4) is 0 Å². The summed E-state index contributed by atoms with van der Waals surface area (Å²) < 4.78 is 5.68. The topological polar surface area (TPSA) is 58.8 Å². The van der Waals surface area contributed by atoms with Crippen LogP contribution in [0, 0.1) is 0 Å². The van der Waals surface area contributed by atoms with Gasteiger partial charge in [-0.3, -0.25) is 9.69 Å². The van der Waals surface area contributed by atoms with E-state index in [1.165, 1.54) is 12.8 Å². The number of hydrogen-bond donors (Lipinski definition) is 1. The molecule has 0 aliphatic carbocycles. The van der Waals surface area contributed by atoms with E-state index < -0.39 is 5.54 Å². The van der Waals surface area contributed by atoms with E-state index in [0.29, 0.717) is 18.9 Å². The number of carbonyl (C=O) groups excluding carboxylic acids is 1. The molecule has 0 saturated carbocycles. The fourth-order valence-electron chi connectivity index (χ4n) is 3.08. The molecule has 0 spiro atoms. The Bertz CT molecular complexity index is 317. The molecule has 0 aromatic heterocycles. The Morgan fingerprint density at radius 3 is 2.40 bits per heavy atom. The van der Waals surface area contributed by atoms with Crippen LogP contribution in [-0.2, 0) is 9.53 Å². The van der Waals surface area contributed by atoms with E-state index in [0.717, 1.165) is 39.3 Å². The molecule has 1 unspecified atom stereocenters. The van der Waals surface area contributed by atoms with Gasteiger partial charge in [0, 0.05) is 39.3 Å². The number of rotatable bonds is 5. The maximum Gasteiger partial charge on any atom is 0.242 e. The second kappa shape index (κ2) is 6.87. The van der Waals surface area contributed by atoms with Crippen molar-refractivity contribution in [2.45, 2.75) is 51.2 Å². The summed E-state index contributed by atoms with van der Waals surface area (Å²) >= 11 is 0. The summed E-state index contributed by atoms with van der Waals surface area (Å²) in [6.45, 7) is 9.38. The van der Waals surface area contributed by atoms with Gasteiger partial charge in [0.1, 0.15) is 0 Å². The van der Waals surface area contributed by atoms with Gasteiger partial charge < -0.3 is 15.4 Å². The average Bonchev–Trinajstić information content (AvgIpc) is 2.99. The Balaban J connectivity index is 1.79. The highest BCUT2D eigenvalue weighted by Crippen LogP contribution is 2.18. The van der Waals surface area contributed by atoms with Crippen molar-refractivity contribution in [1.82, 2.24) is 9.80 Å². The Morgan fingerprint density at radius 1 is 1.25 bits per heavy atom. The Morgan fingerprint density at radius 2 is 1.90 bits per heavy atom. The SMILES string of the molecule is CCC(N)(CC)C(=O)N1CCN(CC2CCCO2)CC1. The quantitative estimate of drug-likeness (QED) is 0.812. The van der Waals surface area contributed by atoms with Crippen molar-refractivity contribution in [3.05, 3.63) is 0 Å². The van der Waals surface area contributed by atoms with E-state index in [4.69, 9.17) is 10.5 Å². The highest BCUT2D eigenvalue weighted by molar-refractivity contribution is 5.86. The molecule has 116 valence electrons. The van der Waals surface area contributed by atoms with E-state index in [9.17, 15) is 4.79 Å². The van der Waals surface area contributed by atoms with E-state index in [1.54, 1.807) is 0 Å². The number of carbonyl (C=O) groups is 1. The van der Waals surface area contributed by atoms with E-state index in [2.05, 4.69) is 4.90 Å². The largest absolute Gasteiger partial charge is 0.377 e. The lowest BCUT2D eigenvalue weighted by molar-refractivity contribution is -0.139. The van der Waals surface area contributed by atoms with Crippen LogP contribution in [0.5, 0.6) is 0 Å². The van der Waals surface area contributed by atoms with E-state index in [1.807, 2.05) is 18.7 Å². The molecule has 2 N–H and O–H groups in total. The second-order valence-corrected chi connectivity index (χ2v) is 6.09. The predicted octanol–water partition coefficient (Wildman–Crippen LogP) is 0.827. The average molecular weight is 283 g/mol. The van der Waals surface area contributed by atoms with Gasteiger partial charge in [-0.1, -0.05) is 13.8 Å². The smallest absolute Gasteiger partial charge is 0.242 e. The highest BCUT2D eigenvalue weighted by Gasteiger charge is 2.35. The second-order valence-electron chi connectivity index (χ2n) is 6.09. The Kier molecular flexibility index (Phi) is 5.41. The van der Waals surface area contributed by atoms with Crippen LogP contribution in [-0.4, -0.2) is 66.7 Å².